The lowest BCUT2D eigenvalue weighted by atomic mass is 9.93. The Balaban J connectivity index is 1.93. The van der Waals surface area contributed by atoms with Crippen LogP contribution in [0, 0.1) is 11.3 Å². The van der Waals surface area contributed by atoms with Crippen molar-refractivity contribution < 1.29 is 4.74 Å². The molecule has 4 nitrogen and oxygen atoms in total. The fourth-order valence-electron chi connectivity index (χ4n) is 2.24. The van der Waals surface area contributed by atoms with Gasteiger partial charge in [-0.05, 0) is 37.8 Å². The molecule has 1 aliphatic carbocycles. The summed E-state index contributed by atoms with van der Waals surface area (Å²) in [6, 6.07) is 6.13. The molecule has 2 unspecified atom stereocenters. The predicted molar refractivity (Wildman–Crippen MR) is 65.6 cm³/mol. The molecule has 4 heteroatoms. The molecule has 0 spiro atoms. The fourth-order valence-corrected chi connectivity index (χ4v) is 2.24. The van der Waals surface area contributed by atoms with Gasteiger partial charge in [0.25, 0.3) is 0 Å². The van der Waals surface area contributed by atoms with Crippen molar-refractivity contribution in [3.05, 3.63) is 23.9 Å². The van der Waals surface area contributed by atoms with Crippen LogP contribution in [0.3, 0.4) is 0 Å². The first-order valence-electron chi connectivity index (χ1n) is 5.97. The van der Waals surface area contributed by atoms with E-state index in [-0.39, 0.29) is 0 Å². The van der Waals surface area contributed by atoms with Crippen molar-refractivity contribution in [2.75, 3.05) is 12.4 Å². The Hall–Kier alpha value is -1.60. The van der Waals surface area contributed by atoms with E-state index >= 15 is 0 Å². The molecule has 0 bridgehead atoms. The maximum Gasteiger partial charge on any atom is 0.126 e. The number of pyridine rings is 1. The first-order chi connectivity index (χ1) is 8.31. The molecule has 0 amide bonds. The first-order valence-corrected chi connectivity index (χ1v) is 5.97. The lowest BCUT2D eigenvalue weighted by Gasteiger charge is -2.29. The fraction of sp³-hybridized carbons (Fsp3) is 0.538. The maximum atomic E-state index is 8.69. The molecule has 1 aromatic rings. The number of anilines is 1. The van der Waals surface area contributed by atoms with Crippen LogP contribution in [0.5, 0.6) is 0 Å². The number of aromatic nitrogens is 1. The van der Waals surface area contributed by atoms with Crippen LogP contribution in [0.25, 0.3) is 0 Å². The Labute approximate surface area is 102 Å². The van der Waals surface area contributed by atoms with Crippen LogP contribution in [-0.4, -0.2) is 24.2 Å². The van der Waals surface area contributed by atoms with Crippen LogP contribution in [0.2, 0.25) is 0 Å². The van der Waals surface area contributed by atoms with Crippen LogP contribution < -0.4 is 5.32 Å². The quantitative estimate of drug-likeness (QED) is 0.867. The molecule has 0 radical (unpaired) electrons. The second-order valence-electron chi connectivity index (χ2n) is 4.41. The van der Waals surface area contributed by atoms with Gasteiger partial charge in [0, 0.05) is 19.3 Å². The Kier molecular flexibility index (Phi) is 3.94. The topological polar surface area (TPSA) is 57.9 Å². The van der Waals surface area contributed by atoms with Crippen molar-refractivity contribution in [1.82, 2.24) is 4.98 Å². The summed E-state index contributed by atoms with van der Waals surface area (Å²) in [5.41, 5.74) is 0.592. The molecule has 2 rings (SSSR count). The molecule has 1 aliphatic rings. The van der Waals surface area contributed by atoms with Gasteiger partial charge in [0.05, 0.1) is 11.7 Å². The van der Waals surface area contributed by atoms with Crippen LogP contribution in [0.15, 0.2) is 18.3 Å². The number of nitriles is 1. The molecule has 17 heavy (non-hydrogen) atoms. The summed E-state index contributed by atoms with van der Waals surface area (Å²) >= 11 is 0. The Morgan fingerprint density at radius 1 is 1.47 bits per heavy atom. The molecule has 1 heterocycles. The largest absolute Gasteiger partial charge is 0.381 e. The van der Waals surface area contributed by atoms with Gasteiger partial charge < -0.3 is 10.1 Å². The van der Waals surface area contributed by atoms with E-state index in [0.717, 1.165) is 25.1 Å². The summed E-state index contributed by atoms with van der Waals surface area (Å²) in [6.07, 6.45) is 6.47. The van der Waals surface area contributed by atoms with Crippen molar-refractivity contribution in [3.8, 4) is 6.07 Å². The van der Waals surface area contributed by atoms with Crippen LogP contribution >= 0.6 is 0 Å². The molecular weight excluding hydrogens is 214 g/mol. The number of hydrogen-bond donors (Lipinski definition) is 1. The number of hydrogen-bond acceptors (Lipinski definition) is 4. The van der Waals surface area contributed by atoms with Crippen molar-refractivity contribution in [2.45, 2.75) is 37.8 Å². The monoisotopic (exact) mass is 231 g/mol. The summed E-state index contributed by atoms with van der Waals surface area (Å²) in [6.45, 7) is 0. The Morgan fingerprint density at radius 2 is 2.35 bits per heavy atom. The van der Waals surface area contributed by atoms with Gasteiger partial charge in [-0.2, -0.15) is 5.26 Å². The van der Waals surface area contributed by atoms with Gasteiger partial charge in [0.15, 0.2) is 0 Å². The summed E-state index contributed by atoms with van der Waals surface area (Å²) in [5, 5.41) is 12.1. The van der Waals surface area contributed by atoms with E-state index in [1.165, 1.54) is 6.42 Å². The van der Waals surface area contributed by atoms with Gasteiger partial charge >= 0.3 is 0 Å². The Bertz CT molecular complexity index is 396. The van der Waals surface area contributed by atoms with Crippen molar-refractivity contribution in [1.29, 1.82) is 5.26 Å². The SMILES string of the molecule is COC1CCCC(Nc2ccc(C#N)cn2)C1. The zero-order valence-corrected chi connectivity index (χ0v) is 10.0. The third-order valence-corrected chi connectivity index (χ3v) is 3.20. The molecule has 90 valence electrons. The van der Waals surface area contributed by atoms with Gasteiger partial charge in [0.1, 0.15) is 11.9 Å². The van der Waals surface area contributed by atoms with Crippen LogP contribution in [0.4, 0.5) is 5.82 Å². The van der Waals surface area contributed by atoms with E-state index < -0.39 is 0 Å². The zero-order valence-electron chi connectivity index (χ0n) is 10.0. The smallest absolute Gasteiger partial charge is 0.126 e. The average molecular weight is 231 g/mol. The van der Waals surface area contributed by atoms with Crippen molar-refractivity contribution in [3.63, 3.8) is 0 Å². The maximum absolute atomic E-state index is 8.69. The van der Waals surface area contributed by atoms with Gasteiger partial charge in [-0.3, -0.25) is 0 Å². The molecular formula is C13H17N3O. The molecule has 1 saturated carbocycles. The third kappa shape index (κ3) is 3.18. The van der Waals surface area contributed by atoms with E-state index in [1.54, 1.807) is 19.4 Å². The average Bonchev–Trinajstić information content (AvgIpc) is 2.40. The lowest BCUT2D eigenvalue weighted by Crippen LogP contribution is -2.31. The zero-order chi connectivity index (χ0) is 12.1. The summed E-state index contributed by atoms with van der Waals surface area (Å²) < 4.78 is 5.39. The summed E-state index contributed by atoms with van der Waals surface area (Å²) in [5.74, 6) is 0.839. The van der Waals surface area contributed by atoms with Crippen molar-refractivity contribution >= 4 is 5.82 Å². The minimum atomic E-state index is 0.361. The molecule has 1 N–H and O–H groups in total. The van der Waals surface area contributed by atoms with Crippen LogP contribution in [0.1, 0.15) is 31.2 Å². The first kappa shape index (κ1) is 11.9. The highest BCUT2D eigenvalue weighted by molar-refractivity contribution is 5.39. The molecule has 0 aliphatic heterocycles. The highest BCUT2D eigenvalue weighted by Crippen LogP contribution is 2.23. The van der Waals surface area contributed by atoms with Gasteiger partial charge in [-0.1, -0.05) is 0 Å². The minimum absolute atomic E-state index is 0.361. The summed E-state index contributed by atoms with van der Waals surface area (Å²) in [7, 11) is 1.77. The molecule has 0 saturated heterocycles. The van der Waals surface area contributed by atoms with Crippen molar-refractivity contribution in [2.24, 2.45) is 0 Å². The van der Waals surface area contributed by atoms with E-state index in [9.17, 15) is 0 Å². The van der Waals surface area contributed by atoms with Crippen LogP contribution in [-0.2, 0) is 4.74 Å². The number of rotatable bonds is 3. The Morgan fingerprint density at radius 3 is 3.00 bits per heavy atom. The van der Waals surface area contributed by atoms with Gasteiger partial charge in [-0.25, -0.2) is 4.98 Å². The third-order valence-electron chi connectivity index (χ3n) is 3.20. The number of methoxy groups -OCH3 is 1. The standard InChI is InChI=1S/C13H17N3O/c1-17-12-4-2-3-11(7-12)16-13-6-5-10(8-14)9-15-13/h5-6,9,11-12H,2-4,7H2,1H3,(H,15,16). The molecule has 2 atom stereocenters. The van der Waals surface area contributed by atoms with E-state index in [2.05, 4.69) is 16.4 Å². The highest BCUT2D eigenvalue weighted by Gasteiger charge is 2.21. The predicted octanol–water partition coefficient (Wildman–Crippen LogP) is 2.32. The number of ether oxygens (including phenoxy) is 1. The molecule has 0 aromatic carbocycles. The van der Waals surface area contributed by atoms with E-state index in [4.69, 9.17) is 10.00 Å². The highest BCUT2D eigenvalue weighted by atomic mass is 16.5. The lowest BCUT2D eigenvalue weighted by molar-refractivity contribution is 0.0669. The van der Waals surface area contributed by atoms with E-state index in [0.29, 0.717) is 17.7 Å². The van der Waals surface area contributed by atoms with Gasteiger partial charge in [0.2, 0.25) is 0 Å². The normalized spacial score (nSPS) is 24.0. The van der Waals surface area contributed by atoms with Gasteiger partial charge in [-0.15, -0.1) is 0 Å². The molecule has 1 aromatic heterocycles. The summed E-state index contributed by atoms with van der Waals surface area (Å²) in [4.78, 5) is 4.22. The number of nitrogens with zero attached hydrogens (tertiary/aromatic N) is 2. The second-order valence-corrected chi connectivity index (χ2v) is 4.41. The number of nitrogens with one attached hydrogen (secondary N) is 1. The molecule has 1 fully saturated rings. The minimum Gasteiger partial charge on any atom is -0.381 e. The second kappa shape index (κ2) is 5.65. The van der Waals surface area contributed by atoms with E-state index in [1.807, 2.05) is 6.07 Å².